The number of aryl methyl sites for hydroxylation is 3. The van der Waals surface area contributed by atoms with Gasteiger partial charge >= 0.3 is 0 Å². The fourth-order valence-corrected chi connectivity index (χ4v) is 2.29. The quantitative estimate of drug-likeness (QED) is 0.615. The average Bonchev–Trinajstić information content (AvgIpc) is 2.65. The van der Waals surface area contributed by atoms with E-state index in [-0.39, 0.29) is 37.0 Å². The van der Waals surface area contributed by atoms with Gasteiger partial charge in [-0.05, 0) is 43.5 Å². The molecule has 0 spiro atoms. The van der Waals surface area contributed by atoms with Crippen molar-refractivity contribution in [3.8, 4) is 0 Å². The maximum atomic E-state index is 12.2. The number of nitrogens with zero attached hydrogens (tertiary/aromatic N) is 1. The van der Waals surface area contributed by atoms with Crippen molar-refractivity contribution in [3.05, 3.63) is 34.4 Å². The van der Waals surface area contributed by atoms with Crippen LogP contribution in [0.25, 0.3) is 0 Å². The lowest BCUT2D eigenvalue weighted by molar-refractivity contribution is -0.137. The summed E-state index contributed by atoms with van der Waals surface area (Å²) in [5.74, 6) is -0.677. The number of Topliss-reactive ketones (excluding diaryl/α,β-unsaturated/α-hetero) is 1. The van der Waals surface area contributed by atoms with Crippen molar-refractivity contribution in [3.63, 3.8) is 0 Å². The van der Waals surface area contributed by atoms with Crippen LogP contribution >= 0.6 is 0 Å². The van der Waals surface area contributed by atoms with E-state index in [4.69, 9.17) is 0 Å². The Morgan fingerprint density at radius 2 is 1.53 bits per heavy atom. The van der Waals surface area contributed by atoms with Gasteiger partial charge in [0, 0.05) is 18.4 Å². The van der Waals surface area contributed by atoms with E-state index >= 15 is 0 Å². The Morgan fingerprint density at radius 1 is 1.00 bits per heavy atom. The number of ketones is 1. The maximum Gasteiger partial charge on any atom is 0.230 e. The molecule has 1 aliphatic rings. The summed E-state index contributed by atoms with van der Waals surface area (Å²) in [7, 11) is 0. The molecule has 0 atom stereocenters. The molecule has 0 saturated carbocycles. The maximum absolute atomic E-state index is 12.2. The van der Waals surface area contributed by atoms with Crippen molar-refractivity contribution in [2.45, 2.75) is 33.6 Å². The smallest absolute Gasteiger partial charge is 0.230 e. The zero-order valence-corrected chi connectivity index (χ0v) is 11.4. The highest BCUT2D eigenvalue weighted by Crippen LogP contribution is 2.18. The molecule has 0 aromatic heterocycles. The predicted molar refractivity (Wildman–Crippen MR) is 70.9 cm³/mol. The number of likely N-dealkylation sites (tertiary alicyclic amines) is 1. The molecule has 0 bridgehead atoms. The fourth-order valence-electron chi connectivity index (χ4n) is 2.29. The van der Waals surface area contributed by atoms with Crippen molar-refractivity contribution in [1.29, 1.82) is 0 Å². The summed E-state index contributed by atoms with van der Waals surface area (Å²) in [5, 5.41) is 0. The van der Waals surface area contributed by atoms with Crippen LogP contribution in [0.3, 0.4) is 0 Å². The summed E-state index contributed by atoms with van der Waals surface area (Å²) in [4.78, 5) is 36.3. The van der Waals surface area contributed by atoms with Crippen LogP contribution in [0.4, 0.5) is 0 Å². The predicted octanol–water partition coefficient (Wildman–Crippen LogP) is 1.94. The largest absolute Gasteiger partial charge is 0.292 e. The van der Waals surface area contributed by atoms with Gasteiger partial charge in [0.25, 0.3) is 0 Å². The van der Waals surface area contributed by atoms with Crippen molar-refractivity contribution in [1.82, 2.24) is 4.90 Å². The molecule has 1 aromatic rings. The third kappa shape index (κ3) is 2.57. The molecule has 2 rings (SSSR count). The van der Waals surface area contributed by atoms with E-state index in [1.54, 1.807) is 0 Å². The van der Waals surface area contributed by atoms with E-state index in [9.17, 15) is 14.4 Å². The van der Waals surface area contributed by atoms with Gasteiger partial charge in [0.05, 0.1) is 6.54 Å². The molecule has 2 amide bonds. The highest BCUT2D eigenvalue weighted by molar-refractivity contribution is 6.08. The van der Waals surface area contributed by atoms with E-state index in [2.05, 4.69) is 0 Å². The molecule has 1 saturated heterocycles. The summed E-state index contributed by atoms with van der Waals surface area (Å²) in [5.41, 5.74) is 3.64. The van der Waals surface area contributed by atoms with Crippen molar-refractivity contribution in [2.24, 2.45) is 0 Å². The molecule has 0 aliphatic carbocycles. The van der Waals surface area contributed by atoms with Crippen LogP contribution in [-0.2, 0) is 9.59 Å². The van der Waals surface area contributed by atoms with Crippen LogP contribution in [0.5, 0.6) is 0 Å². The number of hydrogen-bond acceptors (Lipinski definition) is 3. The van der Waals surface area contributed by atoms with Crippen LogP contribution in [-0.4, -0.2) is 29.0 Å². The lowest BCUT2D eigenvalue weighted by Gasteiger charge is -2.14. The Hall–Kier alpha value is -1.97. The van der Waals surface area contributed by atoms with Gasteiger partial charge < -0.3 is 0 Å². The highest BCUT2D eigenvalue weighted by Gasteiger charge is 2.30. The third-order valence-electron chi connectivity index (χ3n) is 3.60. The lowest BCUT2D eigenvalue weighted by Crippen LogP contribution is -2.34. The summed E-state index contributed by atoms with van der Waals surface area (Å²) in [6.45, 7) is 5.66. The average molecular weight is 259 g/mol. The molecule has 19 heavy (non-hydrogen) atoms. The van der Waals surface area contributed by atoms with Gasteiger partial charge in [0.15, 0.2) is 5.78 Å². The summed E-state index contributed by atoms with van der Waals surface area (Å²) < 4.78 is 0. The number of carbonyl (C=O) groups excluding carboxylic acids is 3. The second-order valence-electron chi connectivity index (χ2n) is 5.05. The zero-order chi connectivity index (χ0) is 14.2. The first-order valence-corrected chi connectivity index (χ1v) is 6.34. The van der Waals surface area contributed by atoms with Gasteiger partial charge in [-0.25, -0.2) is 0 Å². The van der Waals surface area contributed by atoms with E-state index in [1.165, 1.54) is 0 Å². The summed E-state index contributed by atoms with van der Waals surface area (Å²) >= 11 is 0. The van der Waals surface area contributed by atoms with Crippen molar-refractivity contribution >= 4 is 17.6 Å². The summed E-state index contributed by atoms with van der Waals surface area (Å²) in [6, 6.07) is 3.79. The first-order chi connectivity index (χ1) is 8.90. The molecule has 4 heteroatoms. The molecule has 4 nitrogen and oxygen atoms in total. The highest BCUT2D eigenvalue weighted by atomic mass is 16.2. The van der Waals surface area contributed by atoms with Crippen molar-refractivity contribution in [2.75, 3.05) is 6.54 Å². The second kappa shape index (κ2) is 4.96. The lowest BCUT2D eigenvalue weighted by atomic mass is 9.98. The van der Waals surface area contributed by atoms with Crippen molar-refractivity contribution < 1.29 is 14.4 Å². The minimum Gasteiger partial charge on any atom is -0.292 e. The van der Waals surface area contributed by atoms with E-state index < -0.39 is 0 Å². The number of imide groups is 1. The first-order valence-electron chi connectivity index (χ1n) is 6.34. The number of amides is 2. The van der Waals surface area contributed by atoms with Gasteiger partial charge in [-0.2, -0.15) is 0 Å². The normalized spacial score (nSPS) is 15.2. The third-order valence-corrected chi connectivity index (χ3v) is 3.60. The van der Waals surface area contributed by atoms with Gasteiger partial charge in [0.2, 0.25) is 11.8 Å². The standard InChI is InChI=1S/C15H17NO3/c1-9-6-11(3)12(7-10(9)2)13(17)8-16-14(18)4-5-15(16)19/h6-7H,4-5,8H2,1-3H3. The summed E-state index contributed by atoms with van der Waals surface area (Å²) in [6.07, 6.45) is 0.441. The number of rotatable bonds is 3. The Morgan fingerprint density at radius 3 is 2.11 bits per heavy atom. The van der Waals surface area contributed by atoms with Gasteiger partial charge in [-0.15, -0.1) is 0 Å². The van der Waals surface area contributed by atoms with E-state index in [0.717, 1.165) is 21.6 Å². The number of hydrogen-bond donors (Lipinski definition) is 0. The molecular weight excluding hydrogens is 242 g/mol. The SMILES string of the molecule is Cc1cc(C)c(C(=O)CN2C(=O)CCC2=O)cc1C. The molecule has 0 N–H and O–H groups in total. The van der Waals surface area contributed by atoms with E-state index in [0.29, 0.717) is 5.56 Å². The second-order valence-corrected chi connectivity index (χ2v) is 5.05. The first kappa shape index (κ1) is 13.5. The van der Waals surface area contributed by atoms with Gasteiger partial charge in [0.1, 0.15) is 0 Å². The molecule has 1 aliphatic heterocycles. The van der Waals surface area contributed by atoms with Crippen LogP contribution in [0.1, 0.15) is 39.9 Å². The molecular formula is C15H17NO3. The Labute approximate surface area is 112 Å². The topological polar surface area (TPSA) is 54.5 Å². The molecule has 0 unspecified atom stereocenters. The Balaban J connectivity index is 2.23. The Bertz CT molecular complexity index is 559. The molecule has 1 fully saturated rings. The molecule has 1 aromatic carbocycles. The van der Waals surface area contributed by atoms with Crippen LogP contribution in [0.2, 0.25) is 0 Å². The van der Waals surface area contributed by atoms with Gasteiger partial charge in [-0.1, -0.05) is 6.07 Å². The van der Waals surface area contributed by atoms with Crippen LogP contribution < -0.4 is 0 Å². The van der Waals surface area contributed by atoms with Gasteiger partial charge in [-0.3, -0.25) is 19.3 Å². The molecule has 0 radical (unpaired) electrons. The van der Waals surface area contributed by atoms with Crippen LogP contribution in [0.15, 0.2) is 12.1 Å². The Kier molecular flexibility index (Phi) is 3.51. The fraction of sp³-hybridized carbons (Fsp3) is 0.400. The minimum atomic E-state index is -0.250. The van der Waals surface area contributed by atoms with E-state index in [1.807, 2.05) is 32.9 Å². The molecule has 100 valence electrons. The monoisotopic (exact) mass is 259 g/mol. The van der Waals surface area contributed by atoms with Crippen LogP contribution in [0, 0.1) is 20.8 Å². The minimum absolute atomic E-state index is 0.138. The zero-order valence-electron chi connectivity index (χ0n) is 11.4. The number of carbonyl (C=O) groups is 3. The molecule has 1 heterocycles. The number of benzene rings is 1.